The van der Waals surface area contributed by atoms with Gasteiger partial charge >= 0.3 is 0 Å². The van der Waals surface area contributed by atoms with Crippen molar-refractivity contribution in [2.24, 2.45) is 0 Å². The minimum Gasteiger partial charge on any atom is -0.487 e. The molecule has 162 valence electrons. The second-order valence-corrected chi connectivity index (χ2v) is 7.27. The summed E-state index contributed by atoms with van der Waals surface area (Å²) in [6, 6.07) is 13.4. The van der Waals surface area contributed by atoms with Crippen molar-refractivity contribution < 1.29 is 14.3 Å². The van der Waals surface area contributed by atoms with Crippen LogP contribution in [0.25, 0.3) is 0 Å². The number of carbonyl (C=O) groups excluding carboxylic acids is 2. The molecule has 0 atom stereocenters. The molecule has 0 fully saturated rings. The van der Waals surface area contributed by atoms with E-state index in [0.717, 1.165) is 42.9 Å². The number of rotatable bonds is 13. The Bertz CT molecular complexity index is 774. The van der Waals surface area contributed by atoms with E-state index in [0.29, 0.717) is 32.4 Å². The summed E-state index contributed by atoms with van der Waals surface area (Å²) in [5, 5.41) is 2.92. The number of pyridine rings is 1. The fraction of sp³-hybridized carbons (Fsp3) is 0.458. The number of hydrogen-bond donors (Lipinski definition) is 1. The van der Waals surface area contributed by atoms with E-state index >= 15 is 0 Å². The van der Waals surface area contributed by atoms with Crippen molar-refractivity contribution in [1.82, 2.24) is 15.2 Å². The lowest BCUT2D eigenvalue weighted by Gasteiger charge is -2.21. The molecule has 0 saturated heterocycles. The van der Waals surface area contributed by atoms with E-state index in [-0.39, 0.29) is 11.8 Å². The molecule has 1 heterocycles. The summed E-state index contributed by atoms with van der Waals surface area (Å²) in [4.78, 5) is 30.5. The Hall–Kier alpha value is -2.89. The molecule has 2 rings (SSSR count). The van der Waals surface area contributed by atoms with Crippen LogP contribution in [-0.4, -0.2) is 34.8 Å². The van der Waals surface area contributed by atoms with Gasteiger partial charge in [0.05, 0.1) is 5.69 Å². The molecule has 1 aromatic carbocycles. The van der Waals surface area contributed by atoms with Gasteiger partial charge in [0.15, 0.2) is 0 Å². The van der Waals surface area contributed by atoms with Gasteiger partial charge in [0.25, 0.3) is 0 Å². The lowest BCUT2D eigenvalue weighted by Crippen LogP contribution is -2.32. The number of nitrogens with zero attached hydrogens (tertiary/aromatic N) is 2. The first kappa shape index (κ1) is 23.4. The van der Waals surface area contributed by atoms with Crippen molar-refractivity contribution in [1.29, 1.82) is 0 Å². The van der Waals surface area contributed by atoms with Gasteiger partial charge < -0.3 is 15.0 Å². The Labute approximate surface area is 179 Å². The highest BCUT2D eigenvalue weighted by atomic mass is 16.5. The third-order valence-electron chi connectivity index (χ3n) is 4.64. The van der Waals surface area contributed by atoms with Crippen LogP contribution < -0.4 is 10.1 Å². The van der Waals surface area contributed by atoms with Gasteiger partial charge in [-0.25, -0.2) is 0 Å². The summed E-state index contributed by atoms with van der Waals surface area (Å²) in [6.07, 6.45) is 5.00. The van der Waals surface area contributed by atoms with Crippen LogP contribution in [0.4, 0.5) is 0 Å². The van der Waals surface area contributed by atoms with Gasteiger partial charge in [0.2, 0.25) is 11.8 Å². The van der Waals surface area contributed by atoms with E-state index in [1.54, 1.807) is 6.20 Å². The van der Waals surface area contributed by atoms with Gasteiger partial charge in [0.1, 0.15) is 12.4 Å². The smallest absolute Gasteiger partial charge is 0.222 e. The SMILES string of the molecule is CCCN(CCC)C(=O)CCCC(=O)NCc1cccc(OCc2ccccn2)c1. The highest BCUT2D eigenvalue weighted by Crippen LogP contribution is 2.15. The van der Waals surface area contributed by atoms with E-state index in [4.69, 9.17) is 4.74 Å². The predicted octanol–water partition coefficient (Wildman–Crippen LogP) is 4.10. The minimum atomic E-state index is -0.0415. The zero-order valence-corrected chi connectivity index (χ0v) is 18.1. The predicted molar refractivity (Wildman–Crippen MR) is 118 cm³/mol. The normalized spacial score (nSPS) is 10.5. The van der Waals surface area contributed by atoms with E-state index in [1.165, 1.54) is 0 Å². The minimum absolute atomic E-state index is 0.0415. The van der Waals surface area contributed by atoms with E-state index in [1.807, 2.05) is 47.4 Å². The Morgan fingerprint density at radius 2 is 1.83 bits per heavy atom. The molecule has 0 radical (unpaired) electrons. The van der Waals surface area contributed by atoms with Gasteiger partial charge in [-0.15, -0.1) is 0 Å². The first-order valence-electron chi connectivity index (χ1n) is 10.8. The molecule has 0 aliphatic heterocycles. The van der Waals surface area contributed by atoms with Crippen molar-refractivity contribution >= 4 is 11.8 Å². The zero-order valence-electron chi connectivity index (χ0n) is 18.1. The van der Waals surface area contributed by atoms with Crippen LogP contribution in [0.5, 0.6) is 5.75 Å². The highest BCUT2D eigenvalue weighted by molar-refractivity contribution is 5.79. The topological polar surface area (TPSA) is 71.5 Å². The lowest BCUT2D eigenvalue weighted by molar-refractivity contribution is -0.131. The zero-order chi connectivity index (χ0) is 21.6. The molecule has 1 aromatic heterocycles. The lowest BCUT2D eigenvalue weighted by atomic mass is 10.2. The summed E-state index contributed by atoms with van der Waals surface area (Å²) in [5.74, 6) is 0.842. The Morgan fingerprint density at radius 1 is 1.03 bits per heavy atom. The van der Waals surface area contributed by atoms with Crippen LogP contribution >= 0.6 is 0 Å². The van der Waals surface area contributed by atoms with Crippen LogP contribution in [-0.2, 0) is 22.7 Å². The number of nitrogens with one attached hydrogen (secondary N) is 1. The molecular weight excluding hydrogens is 378 g/mol. The van der Waals surface area contributed by atoms with Crippen LogP contribution in [0.1, 0.15) is 57.2 Å². The molecule has 0 spiro atoms. The van der Waals surface area contributed by atoms with E-state index in [9.17, 15) is 9.59 Å². The average molecular weight is 412 g/mol. The second kappa shape index (κ2) is 13.4. The molecule has 1 N–H and O–H groups in total. The Kier molecular flexibility index (Phi) is 10.4. The van der Waals surface area contributed by atoms with Crippen LogP contribution in [0.2, 0.25) is 0 Å². The second-order valence-electron chi connectivity index (χ2n) is 7.27. The third kappa shape index (κ3) is 8.64. The van der Waals surface area contributed by atoms with Gasteiger partial charge in [0, 0.05) is 38.7 Å². The molecule has 6 heteroatoms. The molecule has 0 aliphatic rings. The maximum Gasteiger partial charge on any atom is 0.222 e. The molecular formula is C24H33N3O3. The molecule has 0 aliphatic carbocycles. The Balaban J connectivity index is 1.71. The van der Waals surface area contributed by atoms with Crippen LogP contribution in [0.3, 0.4) is 0 Å². The molecule has 0 saturated carbocycles. The number of benzene rings is 1. The summed E-state index contributed by atoms with van der Waals surface area (Å²) < 4.78 is 5.78. The van der Waals surface area contributed by atoms with Crippen molar-refractivity contribution in [3.63, 3.8) is 0 Å². The van der Waals surface area contributed by atoms with Crippen molar-refractivity contribution in [3.8, 4) is 5.75 Å². The number of hydrogen-bond acceptors (Lipinski definition) is 4. The number of carbonyl (C=O) groups is 2. The molecule has 0 bridgehead atoms. The summed E-state index contributed by atoms with van der Waals surface area (Å²) >= 11 is 0. The molecule has 6 nitrogen and oxygen atoms in total. The summed E-state index contributed by atoms with van der Waals surface area (Å²) in [5.41, 5.74) is 1.83. The molecule has 30 heavy (non-hydrogen) atoms. The highest BCUT2D eigenvalue weighted by Gasteiger charge is 2.12. The maximum atomic E-state index is 12.3. The molecule has 0 unspecified atom stereocenters. The van der Waals surface area contributed by atoms with Gasteiger partial charge in [-0.2, -0.15) is 0 Å². The van der Waals surface area contributed by atoms with Gasteiger partial charge in [-0.1, -0.05) is 32.0 Å². The quantitative estimate of drug-likeness (QED) is 0.539. The average Bonchev–Trinajstić information content (AvgIpc) is 2.77. The van der Waals surface area contributed by atoms with Crippen molar-refractivity contribution in [2.45, 2.75) is 59.1 Å². The van der Waals surface area contributed by atoms with Crippen molar-refractivity contribution in [2.75, 3.05) is 13.1 Å². The number of ether oxygens (including phenoxy) is 1. The molecule has 2 aromatic rings. The standard InChI is InChI=1S/C24H33N3O3/c1-3-15-27(16-4-2)24(29)13-8-12-23(28)26-18-20-9-7-11-22(17-20)30-19-21-10-5-6-14-25-21/h5-7,9-11,14,17H,3-4,8,12-13,15-16,18-19H2,1-2H3,(H,26,28). The fourth-order valence-corrected chi connectivity index (χ4v) is 3.13. The summed E-state index contributed by atoms with van der Waals surface area (Å²) in [6.45, 7) is 6.56. The monoisotopic (exact) mass is 411 g/mol. The third-order valence-corrected chi connectivity index (χ3v) is 4.64. The summed E-state index contributed by atoms with van der Waals surface area (Å²) in [7, 11) is 0. The fourth-order valence-electron chi connectivity index (χ4n) is 3.13. The van der Waals surface area contributed by atoms with E-state index in [2.05, 4.69) is 24.1 Å². The molecule has 2 amide bonds. The van der Waals surface area contributed by atoms with Crippen LogP contribution in [0, 0.1) is 0 Å². The first-order chi connectivity index (χ1) is 14.6. The van der Waals surface area contributed by atoms with Gasteiger partial charge in [-0.05, 0) is 49.1 Å². The van der Waals surface area contributed by atoms with E-state index < -0.39 is 0 Å². The van der Waals surface area contributed by atoms with Gasteiger partial charge in [-0.3, -0.25) is 14.6 Å². The number of amides is 2. The Morgan fingerprint density at radius 3 is 2.53 bits per heavy atom. The maximum absolute atomic E-state index is 12.3. The van der Waals surface area contributed by atoms with Crippen LogP contribution in [0.15, 0.2) is 48.7 Å². The van der Waals surface area contributed by atoms with Crippen molar-refractivity contribution in [3.05, 3.63) is 59.9 Å². The number of aromatic nitrogens is 1. The first-order valence-corrected chi connectivity index (χ1v) is 10.8. The largest absolute Gasteiger partial charge is 0.487 e.